The number of nitrogens with one attached hydrogen (secondary N) is 2. The summed E-state index contributed by atoms with van der Waals surface area (Å²) in [4.78, 5) is 14.5. The Balaban J connectivity index is 0.00000288. The average Bonchev–Trinajstić information content (AvgIpc) is 2.95. The van der Waals surface area contributed by atoms with Crippen LogP contribution < -0.4 is 10.6 Å². The van der Waals surface area contributed by atoms with Gasteiger partial charge in [-0.1, -0.05) is 30.3 Å². The second kappa shape index (κ2) is 11.9. The predicted molar refractivity (Wildman–Crippen MR) is 105 cm³/mol. The van der Waals surface area contributed by atoms with E-state index >= 15 is 0 Å². The number of aromatic nitrogens is 2. The van der Waals surface area contributed by atoms with Gasteiger partial charge in [0.05, 0.1) is 6.20 Å². The first kappa shape index (κ1) is 23.4. The molecule has 0 aliphatic rings. The molecule has 1 heterocycles. The number of carbonyl (C=O) groups excluding carboxylic acids is 1. The lowest BCUT2D eigenvalue weighted by Gasteiger charge is -2.19. The van der Waals surface area contributed by atoms with Crippen LogP contribution in [0.4, 0.5) is 0 Å². The van der Waals surface area contributed by atoms with Crippen molar-refractivity contribution in [3.05, 3.63) is 53.9 Å². The zero-order valence-corrected chi connectivity index (χ0v) is 16.4. The van der Waals surface area contributed by atoms with Crippen LogP contribution in [-0.4, -0.2) is 47.8 Å². The third-order valence-electron chi connectivity index (χ3n) is 3.70. The van der Waals surface area contributed by atoms with Gasteiger partial charge in [-0.3, -0.25) is 9.48 Å². The molecule has 0 radical (unpaired) electrons. The van der Waals surface area contributed by atoms with Crippen LogP contribution in [0, 0.1) is 0 Å². The summed E-state index contributed by atoms with van der Waals surface area (Å²) in [5.41, 5.74) is 2.13. The van der Waals surface area contributed by atoms with Crippen LogP contribution in [0.15, 0.2) is 42.7 Å². The highest BCUT2D eigenvalue weighted by Crippen LogP contribution is 2.10. The Morgan fingerprint density at radius 3 is 2.52 bits per heavy atom. The van der Waals surface area contributed by atoms with E-state index in [1.165, 1.54) is 5.56 Å². The van der Waals surface area contributed by atoms with Gasteiger partial charge in [-0.05, 0) is 19.7 Å². The Labute approximate surface area is 161 Å². The topological polar surface area (TPSA) is 62.2 Å². The molecule has 8 heteroatoms. The third-order valence-corrected chi connectivity index (χ3v) is 3.70. The van der Waals surface area contributed by atoms with Gasteiger partial charge in [0.1, 0.15) is 6.04 Å². The van der Waals surface area contributed by atoms with Crippen LogP contribution in [-0.2, 0) is 18.4 Å². The fourth-order valence-electron chi connectivity index (χ4n) is 2.48. The number of halogens is 2. The van der Waals surface area contributed by atoms with Crippen LogP contribution in [0.25, 0.3) is 0 Å². The molecule has 0 aliphatic carbocycles. The molecular formula is C17H27Cl2N5O. The van der Waals surface area contributed by atoms with E-state index in [-0.39, 0.29) is 36.8 Å². The second-order valence-corrected chi connectivity index (χ2v) is 5.68. The minimum atomic E-state index is -0.372. The van der Waals surface area contributed by atoms with Gasteiger partial charge < -0.3 is 15.5 Å². The largest absolute Gasteiger partial charge is 0.353 e. The normalized spacial score (nSPS) is 11.4. The molecule has 1 atom stereocenters. The standard InChI is InChI=1S/C17H25N5O.2ClH/c1-18-16(15-11-20-22(3)13-15)17(23)19-9-10-21(2)12-14-7-5-4-6-8-14;;/h4-8,11,13,16,18H,9-10,12H2,1-3H3,(H,19,23);2*1H. The molecule has 1 aromatic carbocycles. The molecule has 0 saturated heterocycles. The smallest absolute Gasteiger partial charge is 0.241 e. The fourth-order valence-corrected chi connectivity index (χ4v) is 2.48. The van der Waals surface area contributed by atoms with E-state index in [0.29, 0.717) is 6.54 Å². The summed E-state index contributed by atoms with van der Waals surface area (Å²) >= 11 is 0. The first-order valence-electron chi connectivity index (χ1n) is 7.76. The molecule has 2 aromatic rings. The van der Waals surface area contributed by atoms with Crippen molar-refractivity contribution in [1.82, 2.24) is 25.3 Å². The van der Waals surface area contributed by atoms with E-state index in [1.54, 1.807) is 17.9 Å². The SMILES string of the molecule is CNC(C(=O)NCCN(C)Cc1ccccc1)c1cnn(C)c1.Cl.Cl. The summed E-state index contributed by atoms with van der Waals surface area (Å²) in [5.74, 6) is -0.0337. The summed E-state index contributed by atoms with van der Waals surface area (Å²) in [6.07, 6.45) is 3.56. The van der Waals surface area contributed by atoms with Crippen molar-refractivity contribution in [2.24, 2.45) is 7.05 Å². The average molecular weight is 388 g/mol. The van der Waals surface area contributed by atoms with Gasteiger partial charge in [-0.2, -0.15) is 5.10 Å². The molecular weight excluding hydrogens is 361 g/mol. The Hall–Kier alpha value is -1.60. The lowest BCUT2D eigenvalue weighted by atomic mass is 10.1. The van der Waals surface area contributed by atoms with Crippen LogP contribution in [0.3, 0.4) is 0 Å². The van der Waals surface area contributed by atoms with E-state index in [1.807, 2.05) is 31.4 Å². The van der Waals surface area contributed by atoms with Gasteiger partial charge in [0.15, 0.2) is 0 Å². The molecule has 25 heavy (non-hydrogen) atoms. The molecule has 1 unspecified atom stereocenters. The summed E-state index contributed by atoms with van der Waals surface area (Å²) < 4.78 is 1.70. The van der Waals surface area contributed by atoms with Crippen LogP contribution >= 0.6 is 24.8 Å². The molecule has 0 saturated carbocycles. The van der Waals surface area contributed by atoms with E-state index in [9.17, 15) is 4.79 Å². The Bertz CT molecular complexity index is 621. The van der Waals surface area contributed by atoms with E-state index in [2.05, 4.69) is 39.8 Å². The van der Waals surface area contributed by atoms with E-state index in [0.717, 1.165) is 18.7 Å². The van der Waals surface area contributed by atoms with E-state index < -0.39 is 0 Å². The lowest BCUT2D eigenvalue weighted by molar-refractivity contribution is -0.123. The summed E-state index contributed by atoms with van der Waals surface area (Å²) in [7, 11) is 5.67. The van der Waals surface area contributed by atoms with Gasteiger partial charge in [0, 0.05) is 38.4 Å². The molecule has 1 aromatic heterocycles. The zero-order valence-electron chi connectivity index (χ0n) is 14.8. The minimum Gasteiger partial charge on any atom is -0.353 e. The second-order valence-electron chi connectivity index (χ2n) is 5.68. The Morgan fingerprint density at radius 1 is 1.28 bits per heavy atom. The number of aryl methyl sites for hydroxylation is 1. The number of hydrogen-bond acceptors (Lipinski definition) is 4. The first-order valence-corrected chi connectivity index (χ1v) is 7.76. The lowest BCUT2D eigenvalue weighted by Crippen LogP contribution is -2.39. The maximum Gasteiger partial charge on any atom is 0.241 e. The van der Waals surface area contributed by atoms with Gasteiger partial charge in [-0.15, -0.1) is 24.8 Å². The number of likely N-dealkylation sites (N-methyl/N-ethyl adjacent to an activating group) is 2. The third kappa shape index (κ3) is 7.44. The number of amides is 1. The zero-order chi connectivity index (χ0) is 16.7. The van der Waals surface area contributed by atoms with Crippen molar-refractivity contribution in [3.8, 4) is 0 Å². The van der Waals surface area contributed by atoms with Crippen LogP contribution in [0.2, 0.25) is 0 Å². The quantitative estimate of drug-likeness (QED) is 0.724. The van der Waals surface area contributed by atoms with Crippen molar-refractivity contribution in [3.63, 3.8) is 0 Å². The molecule has 0 bridgehead atoms. The van der Waals surface area contributed by atoms with Crippen LogP contribution in [0.1, 0.15) is 17.2 Å². The summed E-state index contributed by atoms with van der Waals surface area (Å²) in [6, 6.07) is 9.93. The van der Waals surface area contributed by atoms with Crippen molar-refractivity contribution in [2.75, 3.05) is 27.2 Å². The molecule has 0 aliphatic heterocycles. The molecule has 0 fully saturated rings. The molecule has 2 rings (SSSR count). The molecule has 0 spiro atoms. The molecule has 2 N–H and O–H groups in total. The van der Waals surface area contributed by atoms with Gasteiger partial charge in [0.25, 0.3) is 0 Å². The fraction of sp³-hybridized carbons (Fsp3) is 0.412. The molecule has 1 amide bonds. The van der Waals surface area contributed by atoms with Crippen LogP contribution in [0.5, 0.6) is 0 Å². The van der Waals surface area contributed by atoms with Gasteiger partial charge >= 0.3 is 0 Å². The van der Waals surface area contributed by atoms with E-state index in [4.69, 9.17) is 0 Å². The van der Waals surface area contributed by atoms with Crippen molar-refractivity contribution in [2.45, 2.75) is 12.6 Å². The number of carbonyl (C=O) groups is 1. The highest BCUT2D eigenvalue weighted by Gasteiger charge is 2.19. The molecule has 6 nitrogen and oxygen atoms in total. The minimum absolute atomic E-state index is 0. The number of rotatable bonds is 8. The van der Waals surface area contributed by atoms with Crippen molar-refractivity contribution >= 4 is 30.7 Å². The number of hydrogen-bond donors (Lipinski definition) is 2. The monoisotopic (exact) mass is 387 g/mol. The first-order chi connectivity index (χ1) is 11.1. The highest BCUT2D eigenvalue weighted by atomic mass is 35.5. The number of benzene rings is 1. The Morgan fingerprint density at radius 2 is 1.96 bits per heavy atom. The maximum absolute atomic E-state index is 12.3. The Kier molecular flexibility index (Phi) is 11.1. The maximum atomic E-state index is 12.3. The van der Waals surface area contributed by atoms with Gasteiger partial charge in [0.2, 0.25) is 5.91 Å². The van der Waals surface area contributed by atoms with Crippen molar-refractivity contribution < 1.29 is 4.79 Å². The van der Waals surface area contributed by atoms with Gasteiger partial charge in [-0.25, -0.2) is 0 Å². The highest BCUT2D eigenvalue weighted by molar-refractivity contribution is 5.85. The predicted octanol–water partition coefficient (Wildman–Crippen LogP) is 1.77. The number of nitrogens with zero attached hydrogens (tertiary/aromatic N) is 3. The molecule has 140 valence electrons. The summed E-state index contributed by atoms with van der Waals surface area (Å²) in [5, 5.41) is 10.1. The van der Waals surface area contributed by atoms with Crippen molar-refractivity contribution in [1.29, 1.82) is 0 Å². The summed E-state index contributed by atoms with van der Waals surface area (Å²) in [6.45, 7) is 2.28.